The molecule has 1 aromatic rings. The molecule has 1 aromatic heterocycles. The summed E-state index contributed by atoms with van der Waals surface area (Å²) in [7, 11) is 0. The maximum atomic E-state index is 4.35. The molecule has 90 valence electrons. The lowest BCUT2D eigenvalue weighted by atomic mass is 10.1. The van der Waals surface area contributed by atoms with Crippen LogP contribution in [0.3, 0.4) is 0 Å². The number of thioether (sulfide) groups is 1. The van der Waals surface area contributed by atoms with Gasteiger partial charge in [0.25, 0.3) is 0 Å². The summed E-state index contributed by atoms with van der Waals surface area (Å²) in [6.45, 7) is 8.81. The van der Waals surface area contributed by atoms with Gasteiger partial charge >= 0.3 is 0 Å². The molecule has 1 rings (SSSR count). The lowest BCUT2D eigenvalue weighted by Crippen LogP contribution is -2.22. The fourth-order valence-corrected chi connectivity index (χ4v) is 1.88. The van der Waals surface area contributed by atoms with Crippen molar-refractivity contribution in [3.63, 3.8) is 0 Å². The van der Waals surface area contributed by atoms with Crippen molar-refractivity contribution < 1.29 is 0 Å². The minimum Gasteiger partial charge on any atom is -0.367 e. The van der Waals surface area contributed by atoms with Crippen LogP contribution in [0.5, 0.6) is 0 Å². The standard InChI is InChI=1S/C13H22N2S/c1-5-16-9-12-6-7-14-13(8-12)15-11(4)10(2)3/h6-8,10-11H,5,9H2,1-4H3,(H,14,15). The molecule has 1 heterocycles. The molecule has 16 heavy (non-hydrogen) atoms. The molecule has 0 fully saturated rings. The first-order valence-corrected chi connectivity index (χ1v) is 7.08. The Morgan fingerprint density at radius 1 is 1.38 bits per heavy atom. The van der Waals surface area contributed by atoms with Crippen molar-refractivity contribution in [3.05, 3.63) is 23.9 Å². The largest absolute Gasteiger partial charge is 0.367 e. The average Bonchev–Trinajstić information content (AvgIpc) is 2.26. The third-order valence-electron chi connectivity index (χ3n) is 2.67. The Morgan fingerprint density at radius 3 is 2.75 bits per heavy atom. The summed E-state index contributed by atoms with van der Waals surface area (Å²) < 4.78 is 0. The zero-order valence-electron chi connectivity index (χ0n) is 10.7. The topological polar surface area (TPSA) is 24.9 Å². The first-order valence-electron chi connectivity index (χ1n) is 5.92. The van der Waals surface area contributed by atoms with Gasteiger partial charge in [-0.1, -0.05) is 20.8 Å². The van der Waals surface area contributed by atoms with Crippen LogP contribution in [0.4, 0.5) is 5.82 Å². The minimum absolute atomic E-state index is 0.460. The summed E-state index contributed by atoms with van der Waals surface area (Å²) in [5, 5.41) is 3.44. The molecule has 1 atom stereocenters. The Kier molecular flexibility index (Phi) is 5.67. The van der Waals surface area contributed by atoms with Crippen molar-refractivity contribution in [3.8, 4) is 0 Å². The van der Waals surface area contributed by atoms with Gasteiger partial charge in [0.15, 0.2) is 0 Å². The van der Waals surface area contributed by atoms with Crippen LogP contribution in [-0.4, -0.2) is 16.8 Å². The summed E-state index contributed by atoms with van der Waals surface area (Å²) in [6.07, 6.45) is 1.89. The molecule has 0 aliphatic heterocycles. The third kappa shape index (κ3) is 4.44. The van der Waals surface area contributed by atoms with Gasteiger partial charge in [-0.3, -0.25) is 0 Å². The monoisotopic (exact) mass is 238 g/mol. The molecule has 0 aliphatic carbocycles. The van der Waals surface area contributed by atoms with Crippen molar-refractivity contribution >= 4 is 17.6 Å². The van der Waals surface area contributed by atoms with Gasteiger partial charge in [0.05, 0.1) is 0 Å². The number of pyridine rings is 1. The Hall–Kier alpha value is -0.700. The zero-order valence-corrected chi connectivity index (χ0v) is 11.5. The average molecular weight is 238 g/mol. The van der Waals surface area contributed by atoms with E-state index in [1.54, 1.807) is 0 Å². The van der Waals surface area contributed by atoms with Gasteiger partial charge in [0.2, 0.25) is 0 Å². The van der Waals surface area contributed by atoms with Gasteiger partial charge in [-0.05, 0) is 36.3 Å². The number of hydrogen-bond donors (Lipinski definition) is 1. The fourth-order valence-electron chi connectivity index (χ4n) is 1.26. The van der Waals surface area contributed by atoms with Gasteiger partial charge in [-0.25, -0.2) is 4.98 Å². The minimum atomic E-state index is 0.460. The number of hydrogen-bond acceptors (Lipinski definition) is 3. The molecule has 1 unspecified atom stereocenters. The molecular formula is C13H22N2S. The molecule has 2 nitrogen and oxygen atoms in total. The van der Waals surface area contributed by atoms with Crippen molar-refractivity contribution in [2.75, 3.05) is 11.1 Å². The predicted molar refractivity (Wildman–Crippen MR) is 74.0 cm³/mol. The molecule has 0 saturated carbocycles. The number of rotatable bonds is 6. The highest BCUT2D eigenvalue weighted by Gasteiger charge is 2.07. The number of aromatic nitrogens is 1. The van der Waals surface area contributed by atoms with E-state index in [0.717, 1.165) is 17.3 Å². The molecule has 0 spiro atoms. The van der Waals surface area contributed by atoms with Crippen LogP contribution in [0.2, 0.25) is 0 Å². The van der Waals surface area contributed by atoms with Gasteiger partial charge in [-0.2, -0.15) is 11.8 Å². The van der Waals surface area contributed by atoms with E-state index in [2.05, 4.69) is 50.1 Å². The van der Waals surface area contributed by atoms with Crippen LogP contribution in [0.15, 0.2) is 18.3 Å². The maximum absolute atomic E-state index is 4.35. The quantitative estimate of drug-likeness (QED) is 0.816. The first-order chi connectivity index (χ1) is 7.63. The Bertz CT molecular complexity index is 313. The maximum Gasteiger partial charge on any atom is 0.126 e. The van der Waals surface area contributed by atoms with E-state index < -0.39 is 0 Å². The van der Waals surface area contributed by atoms with Crippen molar-refractivity contribution in [2.24, 2.45) is 5.92 Å². The fraction of sp³-hybridized carbons (Fsp3) is 0.615. The second-order valence-corrected chi connectivity index (χ2v) is 5.64. The number of nitrogens with zero attached hydrogens (tertiary/aromatic N) is 1. The summed E-state index contributed by atoms with van der Waals surface area (Å²) in [6, 6.07) is 4.71. The molecule has 1 N–H and O–H groups in total. The summed E-state index contributed by atoms with van der Waals surface area (Å²) in [5.41, 5.74) is 1.35. The molecule has 3 heteroatoms. The summed E-state index contributed by atoms with van der Waals surface area (Å²) in [4.78, 5) is 4.35. The first kappa shape index (κ1) is 13.4. The predicted octanol–water partition coefficient (Wildman–Crippen LogP) is 3.79. The van der Waals surface area contributed by atoms with Crippen molar-refractivity contribution in [1.82, 2.24) is 4.98 Å². The van der Waals surface area contributed by atoms with Crippen molar-refractivity contribution in [2.45, 2.75) is 39.5 Å². The van der Waals surface area contributed by atoms with Gasteiger partial charge in [0, 0.05) is 18.0 Å². The summed E-state index contributed by atoms with van der Waals surface area (Å²) in [5.74, 6) is 3.85. The van der Waals surface area contributed by atoms with E-state index in [1.807, 2.05) is 18.0 Å². The molecule has 0 amide bonds. The smallest absolute Gasteiger partial charge is 0.126 e. The van der Waals surface area contributed by atoms with E-state index in [-0.39, 0.29) is 0 Å². The van der Waals surface area contributed by atoms with E-state index in [0.29, 0.717) is 12.0 Å². The second-order valence-electron chi connectivity index (χ2n) is 4.36. The van der Waals surface area contributed by atoms with E-state index in [4.69, 9.17) is 0 Å². The van der Waals surface area contributed by atoms with Crippen LogP contribution in [-0.2, 0) is 5.75 Å². The third-order valence-corrected chi connectivity index (χ3v) is 3.62. The Balaban J connectivity index is 2.59. The van der Waals surface area contributed by atoms with Crippen LogP contribution < -0.4 is 5.32 Å². The highest BCUT2D eigenvalue weighted by atomic mass is 32.2. The van der Waals surface area contributed by atoms with Crippen molar-refractivity contribution in [1.29, 1.82) is 0 Å². The van der Waals surface area contributed by atoms with Gasteiger partial charge in [0.1, 0.15) is 5.82 Å². The van der Waals surface area contributed by atoms with Crippen LogP contribution in [0, 0.1) is 5.92 Å². The van der Waals surface area contributed by atoms with Crippen LogP contribution >= 0.6 is 11.8 Å². The van der Waals surface area contributed by atoms with Gasteiger partial charge in [-0.15, -0.1) is 0 Å². The number of nitrogens with one attached hydrogen (secondary N) is 1. The molecule has 0 saturated heterocycles. The van der Waals surface area contributed by atoms with E-state index >= 15 is 0 Å². The lowest BCUT2D eigenvalue weighted by Gasteiger charge is -2.18. The highest BCUT2D eigenvalue weighted by Crippen LogP contribution is 2.16. The number of anilines is 1. The van der Waals surface area contributed by atoms with Crippen LogP contribution in [0.25, 0.3) is 0 Å². The van der Waals surface area contributed by atoms with E-state index in [9.17, 15) is 0 Å². The van der Waals surface area contributed by atoms with Gasteiger partial charge < -0.3 is 5.32 Å². The Morgan fingerprint density at radius 2 is 2.12 bits per heavy atom. The SMILES string of the molecule is CCSCc1ccnc(NC(C)C(C)C)c1. The lowest BCUT2D eigenvalue weighted by molar-refractivity contribution is 0.558. The Labute approximate surface area is 103 Å². The summed E-state index contributed by atoms with van der Waals surface area (Å²) >= 11 is 1.94. The molecule has 0 aliphatic rings. The molecule has 0 aromatic carbocycles. The normalized spacial score (nSPS) is 12.8. The molecular weight excluding hydrogens is 216 g/mol. The van der Waals surface area contributed by atoms with E-state index in [1.165, 1.54) is 5.56 Å². The second kappa shape index (κ2) is 6.79. The zero-order chi connectivity index (χ0) is 12.0. The molecule has 0 bridgehead atoms. The molecule has 0 radical (unpaired) electrons. The highest BCUT2D eigenvalue weighted by molar-refractivity contribution is 7.98. The van der Waals surface area contributed by atoms with Crippen LogP contribution in [0.1, 0.15) is 33.3 Å².